The zero-order valence-corrected chi connectivity index (χ0v) is 9.55. The first-order chi connectivity index (χ1) is 6.74. The Morgan fingerprint density at radius 2 is 1.36 bits per heavy atom. The van der Waals surface area contributed by atoms with Crippen LogP contribution in [0.4, 0.5) is 4.39 Å². The van der Waals surface area contributed by atoms with Crippen molar-refractivity contribution >= 4 is 0 Å². The second kappa shape index (κ2) is 12.1. The third kappa shape index (κ3) is 9.20. The molecule has 1 rings (SSSR count). The predicted octanol–water partition coefficient (Wildman–Crippen LogP) is 3.41. The lowest BCUT2D eigenvalue weighted by Crippen LogP contribution is -1.78. The molecule has 1 aromatic carbocycles. The third-order valence-electron chi connectivity index (χ3n) is 1.32. The van der Waals surface area contributed by atoms with Crippen LogP contribution < -0.4 is 0 Å². The van der Waals surface area contributed by atoms with E-state index < -0.39 is 0 Å². The van der Waals surface area contributed by atoms with Gasteiger partial charge in [0.25, 0.3) is 0 Å². The second-order valence-corrected chi connectivity index (χ2v) is 2.69. The lowest BCUT2D eigenvalue weighted by Gasteiger charge is -1.92. The van der Waals surface area contributed by atoms with Gasteiger partial charge < -0.3 is 5.11 Å². The smallest absolute Gasteiger partial charge is 0.123 e. The summed E-state index contributed by atoms with van der Waals surface area (Å²) in [5.41, 5.74) is 1.18. The fourth-order valence-corrected chi connectivity index (χ4v) is 0.720. The topological polar surface area (TPSA) is 20.2 Å². The van der Waals surface area contributed by atoms with Crippen LogP contribution >= 0.6 is 0 Å². The lowest BCUT2D eigenvalue weighted by atomic mass is 10.2. The van der Waals surface area contributed by atoms with Crippen molar-refractivity contribution in [3.05, 3.63) is 35.6 Å². The molecule has 0 aromatic heterocycles. The number of hydrogen-bond donors (Lipinski definition) is 1. The van der Waals surface area contributed by atoms with Crippen LogP contribution in [0.3, 0.4) is 0 Å². The number of halogens is 1. The summed E-state index contributed by atoms with van der Waals surface area (Å²) < 4.78 is 12.2. The summed E-state index contributed by atoms with van der Waals surface area (Å²) in [5, 5.41) is 7.00. The van der Waals surface area contributed by atoms with Gasteiger partial charge in [-0.3, -0.25) is 0 Å². The largest absolute Gasteiger partial charge is 0.400 e. The molecule has 0 unspecified atom stereocenters. The molecule has 0 saturated heterocycles. The molecule has 0 saturated carbocycles. The molecule has 82 valence electrons. The predicted molar refractivity (Wildman–Crippen MR) is 59.9 cm³/mol. The van der Waals surface area contributed by atoms with Crippen LogP contribution in [0, 0.1) is 5.82 Å². The summed E-state index contributed by atoms with van der Waals surface area (Å²) in [6.45, 7) is 6.30. The van der Waals surface area contributed by atoms with Crippen LogP contribution in [-0.4, -0.2) is 12.2 Å². The molecular formula is C12H21FO. The third-order valence-corrected chi connectivity index (χ3v) is 1.32. The number of aliphatic hydroxyl groups is 1. The van der Waals surface area contributed by atoms with Crippen LogP contribution in [0.15, 0.2) is 24.3 Å². The highest BCUT2D eigenvalue weighted by Gasteiger charge is 1.87. The monoisotopic (exact) mass is 200 g/mol. The average Bonchev–Trinajstić information content (AvgIpc) is 2.23. The summed E-state index contributed by atoms with van der Waals surface area (Å²) in [7, 11) is 1.00. The van der Waals surface area contributed by atoms with Gasteiger partial charge in [-0.15, -0.1) is 0 Å². The highest BCUT2D eigenvalue weighted by molar-refractivity contribution is 5.15. The van der Waals surface area contributed by atoms with Gasteiger partial charge in [0.1, 0.15) is 5.82 Å². The molecule has 0 atom stereocenters. The van der Waals surface area contributed by atoms with Gasteiger partial charge in [-0.25, -0.2) is 4.39 Å². The minimum atomic E-state index is -0.160. The Balaban J connectivity index is 0. The fraction of sp³-hybridized carbons (Fsp3) is 0.500. The first-order valence-corrected chi connectivity index (χ1v) is 4.93. The molecule has 0 spiro atoms. The number of aryl methyl sites for hydroxylation is 1. The summed E-state index contributed by atoms with van der Waals surface area (Å²) >= 11 is 0. The Hall–Kier alpha value is -0.890. The molecule has 1 N–H and O–H groups in total. The average molecular weight is 200 g/mol. The quantitative estimate of drug-likeness (QED) is 0.736. The fourth-order valence-electron chi connectivity index (χ4n) is 0.720. The summed E-state index contributed by atoms with van der Waals surface area (Å²) in [5.74, 6) is -0.160. The highest BCUT2D eigenvalue weighted by atomic mass is 19.1. The summed E-state index contributed by atoms with van der Waals surface area (Å²) in [6, 6.07) is 6.57. The van der Waals surface area contributed by atoms with E-state index in [9.17, 15) is 4.39 Å². The number of benzene rings is 1. The van der Waals surface area contributed by atoms with Crippen LogP contribution in [0.5, 0.6) is 0 Å². The lowest BCUT2D eigenvalue weighted by molar-refractivity contribution is 0.399. The highest BCUT2D eigenvalue weighted by Crippen LogP contribution is 2.01. The molecule has 0 aliphatic carbocycles. The van der Waals surface area contributed by atoms with Crippen molar-refractivity contribution in [3.8, 4) is 0 Å². The number of aliphatic hydroxyl groups excluding tert-OH is 1. The van der Waals surface area contributed by atoms with Crippen LogP contribution in [0.25, 0.3) is 0 Å². The Bertz CT molecular complexity index is 194. The minimum absolute atomic E-state index is 0.160. The molecule has 0 bridgehead atoms. The minimum Gasteiger partial charge on any atom is -0.400 e. The molecule has 0 aliphatic heterocycles. The zero-order chi connectivity index (χ0) is 11.4. The first kappa shape index (κ1) is 15.6. The SMILES string of the molecule is CCC.CCc1ccc(F)cc1.CO. The van der Waals surface area contributed by atoms with E-state index in [0.29, 0.717) is 0 Å². The van der Waals surface area contributed by atoms with Crippen molar-refractivity contribution in [2.24, 2.45) is 0 Å². The zero-order valence-electron chi connectivity index (χ0n) is 9.55. The van der Waals surface area contributed by atoms with Crippen molar-refractivity contribution in [1.82, 2.24) is 0 Å². The molecule has 0 radical (unpaired) electrons. The van der Waals surface area contributed by atoms with Crippen LogP contribution in [-0.2, 0) is 6.42 Å². The van der Waals surface area contributed by atoms with E-state index in [1.54, 1.807) is 12.1 Å². The van der Waals surface area contributed by atoms with E-state index in [1.165, 1.54) is 24.1 Å². The van der Waals surface area contributed by atoms with Gasteiger partial charge in [0.2, 0.25) is 0 Å². The molecule has 0 aliphatic rings. The molecule has 0 amide bonds. The van der Waals surface area contributed by atoms with Crippen LogP contribution in [0.1, 0.15) is 32.8 Å². The number of rotatable bonds is 1. The molecule has 1 nitrogen and oxygen atoms in total. The van der Waals surface area contributed by atoms with Crippen LogP contribution in [0.2, 0.25) is 0 Å². The normalized spacial score (nSPS) is 7.86. The molecule has 0 heterocycles. The van der Waals surface area contributed by atoms with Crippen molar-refractivity contribution in [1.29, 1.82) is 0 Å². The molecule has 0 fully saturated rings. The number of hydrogen-bond acceptors (Lipinski definition) is 1. The van der Waals surface area contributed by atoms with Gasteiger partial charge in [-0.05, 0) is 24.1 Å². The van der Waals surface area contributed by atoms with E-state index in [-0.39, 0.29) is 5.82 Å². The van der Waals surface area contributed by atoms with E-state index in [1.807, 2.05) is 6.92 Å². The molecule has 2 heteroatoms. The Labute approximate surface area is 86.6 Å². The first-order valence-electron chi connectivity index (χ1n) is 4.93. The van der Waals surface area contributed by atoms with Gasteiger partial charge in [0, 0.05) is 7.11 Å². The van der Waals surface area contributed by atoms with E-state index in [2.05, 4.69) is 13.8 Å². The van der Waals surface area contributed by atoms with Crippen molar-refractivity contribution in [2.75, 3.05) is 7.11 Å². The Kier molecular flexibility index (Phi) is 13.5. The standard InChI is InChI=1S/C8H9F.C3H8.CH4O/c1-2-7-3-5-8(9)6-4-7;1-3-2;1-2/h3-6H,2H2,1H3;3H2,1-2H3;2H,1H3. The maximum Gasteiger partial charge on any atom is 0.123 e. The van der Waals surface area contributed by atoms with E-state index in [0.717, 1.165) is 13.5 Å². The molecular weight excluding hydrogens is 179 g/mol. The molecule has 14 heavy (non-hydrogen) atoms. The maximum absolute atomic E-state index is 12.2. The second-order valence-electron chi connectivity index (χ2n) is 2.69. The van der Waals surface area contributed by atoms with Gasteiger partial charge in [-0.2, -0.15) is 0 Å². The Morgan fingerprint density at radius 1 is 1.00 bits per heavy atom. The summed E-state index contributed by atoms with van der Waals surface area (Å²) in [4.78, 5) is 0. The van der Waals surface area contributed by atoms with Crippen molar-refractivity contribution < 1.29 is 9.50 Å². The summed E-state index contributed by atoms with van der Waals surface area (Å²) in [6.07, 6.45) is 2.22. The van der Waals surface area contributed by atoms with Gasteiger partial charge >= 0.3 is 0 Å². The van der Waals surface area contributed by atoms with Gasteiger partial charge in [-0.1, -0.05) is 39.3 Å². The van der Waals surface area contributed by atoms with Crippen molar-refractivity contribution in [2.45, 2.75) is 33.6 Å². The van der Waals surface area contributed by atoms with Gasteiger partial charge in [0.15, 0.2) is 0 Å². The van der Waals surface area contributed by atoms with E-state index >= 15 is 0 Å². The Morgan fingerprint density at radius 3 is 1.64 bits per heavy atom. The maximum atomic E-state index is 12.2. The molecule has 1 aromatic rings. The van der Waals surface area contributed by atoms with Gasteiger partial charge in [0.05, 0.1) is 0 Å². The van der Waals surface area contributed by atoms with E-state index in [4.69, 9.17) is 5.11 Å². The van der Waals surface area contributed by atoms with Crippen molar-refractivity contribution in [3.63, 3.8) is 0 Å².